The van der Waals surface area contributed by atoms with Crippen LogP contribution in [0.5, 0.6) is 0 Å². The van der Waals surface area contributed by atoms with Gasteiger partial charge < -0.3 is 5.73 Å². The first kappa shape index (κ1) is 11.9. The van der Waals surface area contributed by atoms with Gasteiger partial charge in [0.1, 0.15) is 0 Å². The number of benzene rings is 1. The van der Waals surface area contributed by atoms with Crippen LogP contribution in [0.2, 0.25) is 0 Å². The number of nitrogens with zero attached hydrogens (tertiary/aromatic N) is 1. The zero-order valence-electron chi connectivity index (χ0n) is 9.51. The van der Waals surface area contributed by atoms with Crippen molar-refractivity contribution < 1.29 is 0 Å². The highest BCUT2D eigenvalue weighted by atomic mass is 32.2. The monoisotopic (exact) mass is 252 g/mol. The molecule has 2 rings (SSSR count). The lowest BCUT2D eigenvalue weighted by Crippen LogP contribution is -2.28. The number of rotatable bonds is 4. The predicted octanol–water partition coefficient (Wildman–Crippen LogP) is 3.37. The molecule has 0 spiro atoms. The highest BCUT2D eigenvalue weighted by Gasteiger charge is 2.10. The van der Waals surface area contributed by atoms with E-state index >= 15 is 0 Å². The lowest BCUT2D eigenvalue weighted by molar-refractivity contribution is 0.535. The molecule has 1 atom stereocenters. The van der Waals surface area contributed by atoms with E-state index < -0.39 is 0 Å². The second-order valence-corrected chi connectivity index (χ2v) is 6.46. The zero-order valence-corrected chi connectivity index (χ0v) is 11.1. The van der Waals surface area contributed by atoms with E-state index in [4.69, 9.17) is 5.73 Å². The van der Waals surface area contributed by atoms with Crippen LogP contribution in [0.3, 0.4) is 0 Å². The average molecular weight is 252 g/mol. The molecule has 0 radical (unpaired) electrons. The molecule has 1 heterocycles. The number of fused-ring (bicyclic) bond motifs is 1. The van der Waals surface area contributed by atoms with Crippen molar-refractivity contribution in [3.8, 4) is 0 Å². The Balaban J connectivity index is 2.05. The van der Waals surface area contributed by atoms with Crippen molar-refractivity contribution in [3.63, 3.8) is 0 Å². The van der Waals surface area contributed by atoms with Gasteiger partial charge in [-0.15, -0.1) is 11.3 Å². The van der Waals surface area contributed by atoms with E-state index in [1.54, 1.807) is 23.1 Å². The fourth-order valence-corrected chi connectivity index (χ4v) is 3.56. The third-order valence-corrected chi connectivity index (χ3v) is 4.85. The number of hydrogen-bond acceptors (Lipinski definition) is 4. The Kier molecular flexibility index (Phi) is 3.84. The average Bonchev–Trinajstić information content (AvgIpc) is 2.68. The van der Waals surface area contributed by atoms with E-state index in [0.717, 1.165) is 15.6 Å². The Labute approximate surface area is 104 Å². The van der Waals surface area contributed by atoms with Crippen LogP contribution in [0.25, 0.3) is 10.2 Å². The van der Waals surface area contributed by atoms with Gasteiger partial charge in [0.25, 0.3) is 0 Å². The zero-order chi connectivity index (χ0) is 11.5. The maximum Gasteiger partial charge on any atom is 0.151 e. The molecule has 0 amide bonds. The summed E-state index contributed by atoms with van der Waals surface area (Å²) >= 11 is 3.51. The first-order chi connectivity index (χ1) is 7.66. The third-order valence-electron chi connectivity index (χ3n) is 2.53. The number of hydrogen-bond donors (Lipinski definition) is 1. The summed E-state index contributed by atoms with van der Waals surface area (Å²) in [6.07, 6.45) is 0. The maximum atomic E-state index is 6.01. The number of thioether (sulfide) groups is 1. The molecule has 1 aromatic heterocycles. The maximum absolute atomic E-state index is 6.01. The van der Waals surface area contributed by atoms with Gasteiger partial charge >= 0.3 is 0 Å². The van der Waals surface area contributed by atoms with Crippen LogP contribution in [0.15, 0.2) is 28.6 Å². The minimum atomic E-state index is 0.247. The molecule has 0 aliphatic rings. The topological polar surface area (TPSA) is 38.9 Å². The van der Waals surface area contributed by atoms with Gasteiger partial charge in [0.2, 0.25) is 0 Å². The lowest BCUT2D eigenvalue weighted by Gasteiger charge is -2.13. The van der Waals surface area contributed by atoms with Crippen molar-refractivity contribution in [2.75, 3.05) is 5.75 Å². The van der Waals surface area contributed by atoms with E-state index in [1.807, 2.05) is 6.07 Å². The van der Waals surface area contributed by atoms with Gasteiger partial charge in [0.05, 0.1) is 10.2 Å². The van der Waals surface area contributed by atoms with Crippen LogP contribution in [0.1, 0.15) is 13.8 Å². The summed E-state index contributed by atoms with van der Waals surface area (Å²) < 4.78 is 2.38. The Morgan fingerprint density at radius 2 is 2.12 bits per heavy atom. The summed E-state index contributed by atoms with van der Waals surface area (Å²) in [6.45, 7) is 4.31. The van der Waals surface area contributed by atoms with Gasteiger partial charge in [-0.2, -0.15) is 0 Å². The number of thiazole rings is 1. The van der Waals surface area contributed by atoms with E-state index in [-0.39, 0.29) is 6.04 Å². The first-order valence-corrected chi connectivity index (χ1v) is 7.21. The third kappa shape index (κ3) is 2.75. The standard InChI is InChI=1S/C12H16N2S2/c1-8(2)9(13)7-15-12-14-10-5-3-4-6-11(10)16-12/h3-6,8-9H,7,13H2,1-2H3. The Bertz CT molecular complexity index is 432. The van der Waals surface area contributed by atoms with Crippen molar-refractivity contribution in [1.29, 1.82) is 0 Å². The lowest BCUT2D eigenvalue weighted by atomic mass is 10.1. The van der Waals surface area contributed by atoms with Crippen LogP contribution < -0.4 is 5.73 Å². The molecule has 4 heteroatoms. The second-order valence-electron chi connectivity index (χ2n) is 4.17. The molecule has 16 heavy (non-hydrogen) atoms. The Morgan fingerprint density at radius 1 is 1.38 bits per heavy atom. The molecule has 1 unspecified atom stereocenters. The summed E-state index contributed by atoms with van der Waals surface area (Å²) in [5, 5.41) is 0. The minimum absolute atomic E-state index is 0.247. The van der Waals surface area contributed by atoms with Crippen molar-refractivity contribution in [1.82, 2.24) is 4.98 Å². The van der Waals surface area contributed by atoms with E-state index in [9.17, 15) is 0 Å². The molecule has 0 aliphatic heterocycles. The van der Waals surface area contributed by atoms with Gasteiger partial charge in [-0.1, -0.05) is 37.7 Å². The molecule has 2 N–H and O–H groups in total. The van der Waals surface area contributed by atoms with Crippen LogP contribution >= 0.6 is 23.1 Å². The number of aromatic nitrogens is 1. The first-order valence-electron chi connectivity index (χ1n) is 5.41. The van der Waals surface area contributed by atoms with Gasteiger partial charge in [0.15, 0.2) is 4.34 Å². The minimum Gasteiger partial charge on any atom is -0.327 e. The van der Waals surface area contributed by atoms with E-state index in [2.05, 4.69) is 37.0 Å². The fraction of sp³-hybridized carbons (Fsp3) is 0.417. The summed E-state index contributed by atoms with van der Waals surface area (Å²) in [7, 11) is 0. The van der Waals surface area contributed by atoms with Gasteiger partial charge in [-0.25, -0.2) is 4.98 Å². The highest BCUT2D eigenvalue weighted by molar-refractivity contribution is 8.01. The summed E-state index contributed by atoms with van der Waals surface area (Å²) in [4.78, 5) is 4.57. The second kappa shape index (κ2) is 5.17. The quantitative estimate of drug-likeness (QED) is 0.848. The molecule has 86 valence electrons. The molecular formula is C12H16N2S2. The molecule has 0 bridgehead atoms. The van der Waals surface area contributed by atoms with Crippen LogP contribution in [-0.4, -0.2) is 16.8 Å². The largest absolute Gasteiger partial charge is 0.327 e. The smallest absolute Gasteiger partial charge is 0.151 e. The summed E-state index contributed by atoms with van der Waals surface area (Å²) in [5.74, 6) is 1.47. The van der Waals surface area contributed by atoms with Gasteiger partial charge in [0, 0.05) is 11.8 Å². The number of para-hydroxylation sites is 1. The number of nitrogens with two attached hydrogens (primary N) is 1. The normalized spacial score (nSPS) is 13.5. The summed E-state index contributed by atoms with van der Waals surface area (Å²) in [6, 6.07) is 8.49. The van der Waals surface area contributed by atoms with E-state index in [0.29, 0.717) is 5.92 Å². The predicted molar refractivity (Wildman–Crippen MR) is 73.2 cm³/mol. The Hall–Kier alpha value is -0.580. The molecule has 0 saturated heterocycles. The molecular weight excluding hydrogens is 236 g/mol. The van der Waals surface area contributed by atoms with Crippen LogP contribution in [0, 0.1) is 5.92 Å². The molecule has 0 saturated carbocycles. The fourth-order valence-electron chi connectivity index (χ4n) is 1.27. The van der Waals surface area contributed by atoms with Gasteiger partial charge in [-0.05, 0) is 18.1 Å². The molecule has 0 aliphatic carbocycles. The van der Waals surface area contributed by atoms with Crippen LogP contribution in [0.4, 0.5) is 0 Å². The van der Waals surface area contributed by atoms with Gasteiger partial charge in [-0.3, -0.25) is 0 Å². The van der Waals surface area contributed by atoms with Crippen LogP contribution in [-0.2, 0) is 0 Å². The van der Waals surface area contributed by atoms with Crippen molar-refractivity contribution in [3.05, 3.63) is 24.3 Å². The highest BCUT2D eigenvalue weighted by Crippen LogP contribution is 2.29. The van der Waals surface area contributed by atoms with Crippen molar-refractivity contribution >= 4 is 33.3 Å². The van der Waals surface area contributed by atoms with E-state index in [1.165, 1.54) is 4.70 Å². The summed E-state index contributed by atoms with van der Waals surface area (Å²) in [5.41, 5.74) is 7.11. The molecule has 0 fully saturated rings. The molecule has 2 nitrogen and oxygen atoms in total. The Morgan fingerprint density at radius 3 is 2.81 bits per heavy atom. The van der Waals surface area contributed by atoms with Crippen molar-refractivity contribution in [2.24, 2.45) is 11.7 Å². The SMILES string of the molecule is CC(C)C(N)CSc1nc2ccccc2s1. The molecule has 2 aromatic rings. The molecule has 1 aromatic carbocycles. The van der Waals surface area contributed by atoms with Crippen molar-refractivity contribution in [2.45, 2.75) is 24.2 Å².